The molecule has 1 aliphatic heterocycles. The van der Waals surface area contributed by atoms with Gasteiger partial charge in [0.1, 0.15) is 6.61 Å². The van der Waals surface area contributed by atoms with Gasteiger partial charge in [-0.25, -0.2) is 4.98 Å². The summed E-state index contributed by atoms with van der Waals surface area (Å²) < 4.78 is 5.46. The molecule has 0 bridgehead atoms. The quantitative estimate of drug-likeness (QED) is 0.633. The van der Waals surface area contributed by atoms with Crippen LogP contribution in [0.25, 0.3) is 0 Å². The fourth-order valence-corrected chi connectivity index (χ4v) is 1.86. The first-order chi connectivity index (χ1) is 8.16. The summed E-state index contributed by atoms with van der Waals surface area (Å²) in [6.45, 7) is 3.18. The maximum atomic E-state index is 10.7. The molecule has 0 aromatic carbocycles. The second-order valence-electron chi connectivity index (χ2n) is 4.17. The van der Waals surface area contributed by atoms with Crippen molar-refractivity contribution in [2.45, 2.75) is 25.8 Å². The largest absolute Gasteiger partial charge is 0.476 e. The fourth-order valence-electron chi connectivity index (χ4n) is 1.86. The van der Waals surface area contributed by atoms with Gasteiger partial charge in [-0.1, -0.05) is 0 Å². The molecule has 6 heteroatoms. The minimum atomic E-state index is -0.419. The molecule has 0 amide bonds. The average molecular weight is 237 g/mol. The van der Waals surface area contributed by atoms with E-state index in [0.29, 0.717) is 24.1 Å². The summed E-state index contributed by atoms with van der Waals surface area (Å²) in [5.74, 6) is 0.316. The second-order valence-corrected chi connectivity index (χ2v) is 4.17. The molecule has 1 aromatic heterocycles. The van der Waals surface area contributed by atoms with Gasteiger partial charge >= 0.3 is 0 Å². The van der Waals surface area contributed by atoms with Crippen molar-refractivity contribution < 1.29 is 9.66 Å². The normalized spacial score (nSPS) is 19.2. The van der Waals surface area contributed by atoms with E-state index in [2.05, 4.69) is 10.3 Å². The van der Waals surface area contributed by atoms with E-state index in [9.17, 15) is 10.1 Å². The summed E-state index contributed by atoms with van der Waals surface area (Å²) in [7, 11) is 0. The number of nitrogens with one attached hydrogen (secondary N) is 1. The second kappa shape index (κ2) is 5.09. The number of pyridine rings is 1. The standard InChI is InChI=1S/C11H15N3O3/c1-8-6-13-11(5-10(8)14(15)16)17-7-9-3-2-4-12-9/h5-6,9,12H,2-4,7H2,1H3. The van der Waals surface area contributed by atoms with Crippen molar-refractivity contribution in [3.8, 4) is 5.88 Å². The van der Waals surface area contributed by atoms with Crippen molar-refractivity contribution in [1.29, 1.82) is 0 Å². The Kier molecular flexibility index (Phi) is 3.53. The van der Waals surface area contributed by atoms with E-state index in [1.165, 1.54) is 12.3 Å². The summed E-state index contributed by atoms with van der Waals surface area (Å²) in [6, 6.07) is 1.71. The first kappa shape index (κ1) is 11.8. The number of ether oxygens (including phenoxy) is 1. The van der Waals surface area contributed by atoms with Crippen LogP contribution in [0.5, 0.6) is 5.88 Å². The monoisotopic (exact) mass is 237 g/mol. The number of aromatic nitrogens is 1. The summed E-state index contributed by atoms with van der Waals surface area (Å²) in [5.41, 5.74) is 0.593. The molecule has 1 aliphatic rings. The molecule has 2 rings (SSSR count). The zero-order valence-corrected chi connectivity index (χ0v) is 9.68. The van der Waals surface area contributed by atoms with Crippen LogP contribution in [0, 0.1) is 17.0 Å². The molecule has 0 saturated carbocycles. The molecular weight excluding hydrogens is 222 g/mol. The van der Waals surface area contributed by atoms with Crippen molar-refractivity contribution >= 4 is 5.69 Å². The Labute approximate surface area is 99.2 Å². The predicted octanol–water partition coefficient (Wildman–Crippen LogP) is 1.43. The Morgan fingerprint density at radius 2 is 2.53 bits per heavy atom. The summed E-state index contributed by atoms with van der Waals surface area (Å²) >= 11 is 0. The molecule has 1 aromatic rings. The minimum absolute atomic E-state index is 0.0504. The zero-order valence-electron chi connectivity index (χ0n) is 9.68. The Hall–Kier alpha value is -1.69. The third-order valence-electron chi connectivity index (χ3n) is 2.84. The lowest BCUT2D eigenvalue weighted by atomic mass is 10.2. The maximum Gasteiger partial charge on any atom is 0.279 e. The number of nitrogens with zero attached hydrogens (tertiary/aromatic N) is 2. The summed E-state index contributed by atoms with van der Waals surface area (Å²) in [4.78, 5) is 14.4. The molecule has 92 valence electrons. The van der Waals surface area contributed by atoms with Crippen LogP contribution in [0.3, 0.4) is 0 Å². The molecule has 1 N–H and O–H groups in total. The van der Waals surface area contributed by atoms with Crippen LogP contribution in [0.4, 0.5) is 5.69 Å². The molecule has 0 aliphatic carbocycles. The molecule has 6 nitrogen and oxygen atoms in total. The van der Waals surface area contributed by atoms with E-state index in [1.54, 1.807) is 6.92 Å². The van der Waals surface area contributed by atoms with E-state index >= 15 is 0 Å². The SMILES string of the molecule is Cc1cnc(OCC2CCCN2)cc1[N+](=O)[O-]. The van der Waals surface area contributed by atoms with E-state index in [0.717, 1.165) is 19.4 Å². The van der Waals surface area contributed by atoms with Gasteiger partial charge in [-0.05, 0) is 26.3 Å². The first-order valence-electron chi connectivity index (χ1n) is 5.64. The molecule has 2 heterocycles. The first-order valence-corrected chi connectivity index (χ1v) is 5.64. The number of aryl methyl sites for hydroxylation is 1. The molecule has 1 fully saturated rings. The molecule has 17 heavy (non-hydrogen) atoms. The highest BCUT2D eigenvalue weighted by Gasteiger charge is 2.16. The molecule has 1 atom stereocenters. The lowest BCUT2D eigenvalue weighted by Crippen LogP contribution is -2.28. The maximum absolute atomic E-state index is 10.7. The average Bonchev–Trinajstić information content (AvgIpc) is 2.80. The van der Waals surface area contributed by atoms with Gasteiger partial charge in [0.25, 0.3) is 5.69 Å². The smallest absolute Gasteiger partial charge is 0.279 e. The Morgan fingerprint density at radius 1 is 1.71 bits per heavy atom. The third kappa shape index (κ3) is 2.91. The molecular formula is C11H15N3O3. The highest BCUT2D eigenvalue weighted by molar-refractivity contribution is 5.40. The Balaban J connectivity index is 2.00. The third-order valence-corrected chi connectivity index (χ3v) is 2.84. The highest BCUT2D eigenvalue weighted by Crippen LogP contribution is 2.21. The van der Waals surface area contributed by atoms with Crippen LogP contribution >= 0.6 is 0 Å². The van der Waals surface area contributed by atoms with Crippen molar-refractivity contribution in [1.82, 2.24) is 10.3 Å². The number of hydrogen-bond donors (Lipinski definition) is 1. The molecule has 0 spiro atoms. The van der Waals surface area contributed by atoms with Gasteiger partial charge < -0.3 is 10.1 Å². The minimum Gasteiger partial charge on any atom is -0.476 e. The van der Waals surface area contributed by atoms with Crippen LogP contribution in [-0.4, -0.2) is 29.1 Å². The molecule has 1 saturated heterocycles. The van der Waals surface area contributed by atoms with E-state index < -0.39 is 4.92 Å². The zero-order chi connectivity index (χ0) is 12.3. The highest BCUT2D eigenvalue weighted by atomic mass is 16.6. The van der Waals surface area contributed by atoms with Crippen LogP contribution in [0.15, 0.2) is 12.3 Å². The topological polar surface area (TPSA) is 77.3 Å². The number of hydrogen-bond acceptors (Lipinski definition) is 5. The van der Waals surface area contributed by atoms with E-state index in [4.69, 9.17) is 4.74 Å². The van der Waals surface area contributed by atoms with Gasteiger partial charge in [-0.2, -0.15) is 0 Å². The number of rotatable bonds is 4. The van der Waals surface area contributed by atoms with Gasteiger partial charge in [0.2, 0.25) is 5.88 Å². The van der Waals surface area contributed by atoms with Gasteiger partial charge in [0, 0.05) is 17.8 Å². The van der Waals surface area contributed by atoms with Crippen molar-refractivity contribution in [3.05, 3.63) is 27.9 Å². The van der Waals surface area contributed by atoms with Gasteiger partial charge in [0.15, 0.2) is 0 Å². The Morgan fingerprint density at radius 3 is 3.18 bits per heavy atom. The lowest BCUT2D eigenvalue weighted by molar-refractivity contribution is -0.385. The van der Waals surface area contributed by atoms with E-state index in [1.807, 2.05) is 0 Å². The summed E-state index contributed by atoms with van der Waals surface area (Å²) in [6.07, 6.45) is 3.69. The van der Waals surface area contributed by atoms with Crippen LogP contribution in [0.1, 0.15) is 18.4 Å². The van der Waals surface area contributed by atoms with Gasteiger partial charge in [-0.15, -0.1) is 0 Å². The van der Waals surface area contributed by atoms with Crippen LogP contribution < -0.4 is 10.1 Å². The summed E-state index contributed by atoms with van der Waals surface area (Å²) in [5, 5.41) is 14.0. The van der Waals surface area contributed by atoms with Gasteiger partial charge in [-0.3, -0.25) is 10.1 Å². The number of nitro groups is 1. The van der Waals surface area contributed by atoms with Crippen molar-refractivity contribution in [2.24, 2.45) is 0 Å². The van der Waals surface area contributed by atoms with E-state index in [-0.39, 0.29) is 5.69 Å². The van der Waals surface area contributed by atoms with Gasteiger partial charge in [0.05, 0.1) is 11.0 Å². The van der Waals surface area contributed by atoms with Crippen molar-refractivity contribution in [3.63, 3.8) is 0 Å². The lowest BCUT2D eigenvalue weighted by Gasteiger charge is -2.11. The van der Waals surface area contributed by atoms with Crippen LogP contribution in [0.2, 0.25) is 0 Å². The fraction of sp³-hybridized carbons (Fsp3) is 0.545. The van der Waals surface area contributed by atoms with Crippen molar-refractivity contribution in [2.75, 3.05) is 13.2 Å². The molecule has 1 unspecified atom stereocenters. The van der Waals surface area contributed by atoms with Crippen LogP contribution in [-0.2, 0) is 0 Å². The molecule has 0 radical (unpaired) electrons. The predicted molar refractivity (Wildman–Crippen MR) is 62.1 cm³/mol. The Bertz CT molecular complexity index is 416.